The van der Waals surface area contributed by atoms with Gasteiger partial charge in [-0.05, 0) is 64.2 Å². The quantitative estimate of drug-likeness (QED) is 0.0411. The molecular formula is C42H80O4. The number of carboxylic acid groups (broad SMARTS) is 1. The molecule has 0 heterocycles. The monoisotopic (exact) mass is 649 g/mol. The molecule has 0 saturated carbocycles. The number of carbonyl (C=O) groups excluding carboxylic acids is 1. The first-order valence-corrected chi connectivity index (χ1v) is 20.7. The minimum atomic E-state index is -0.667. The number of carbonyl (C=O) groups is 2. The molecule has 1 N–H and O–H groups in total. The average Bonchev–Trinajstić information content (AvgIpc) is 3.04. The Morgan fingerprint density at radius 3 is 1.22 bits per heavy atom. The molecule has 0 saturated heterocycles. The van der Waals surface area contributed by atoms with Crippen molar-refractivity contribution < 1.29 is 19.4 Å². The van der Waals surface area contributed by atoms with Gasteiger partial charge in [0.15, 0.2) is 0 Å². The summed E-state index contributed by atoms with van der Waals surface area (Å²) in [4.78, 5) is 23.1. The maximum Gasteiger partial charge on any atom is 0.306 e. The largest absolute Gasteiger partial charge is 0.481 e. The number of unbranched alkanes of at least 4 members (excludes halogenated alkanes) is 27. The van der Waals surface area contributed by atoms with E-state index in [2.05, 4.69) is 26.0 Å². The first kappa shape index (κ1) is 44.7. The predicted octanol–water partition coefficient (Wildman–Crippen LogP) is 14.2. The molecule has 0 aliphatic rings. The summed E-state index contributed by atoms with van der Waals surface area (Å²) in [6.45, 7) is 4.52. The van der Waals surface area contributed by atoms with Crippen LogP contribution in [0.25, 0.3) is 0 Å². The second-order valence-corrected chi connectivity index (χ2v) is 14.2. The third-order valence-electron chi connectivity index (χ3n) is 9.49. The Bertz CT molecular complexity index is 658. The van der Waals surface area contributed by atoms with Crippen LogP contribution in [0.5, 0.6) is 0 Å². The second kappa shape index (κ2) is 38.1. The molecule has 4 heteroatoms. The molecule has 0 aliphatic heterocycles. The number of carboxylic acids is 1. The Morgan fingerprint density at radius 1 is 0.457 bits per heavy atom. The van der Waals surface area contributed by atoms with Gasteiger partial charge in [0.05, 0.1) is 0 Å². The molecule has 1 atom stereocenters. The fourth-order valence-electron chi connectivity index (χ4n) is 6.42. The zero-order chi connectivity index (χ0) is 33.6. The van der Waals surface area contributed by atoms with Gasteiger partial charge in [0.2, 0.25) is 0 Å². The van der Waals surface area contributed by atoms with Gasteiger partial charge in [0.1, 0.15) is 6.10 Å². The van der Waals surface area contributed by atoms with Crippen LogP contribution in [0.15, 0.2) is 12.2 Å². The van der Waals surface area contributed by atoms with Crippen molar-refractivity contribution in [2.45, 2.75) is 245 Å². The van der Waals surface area contributed by atoms with Crippen LogP contribution in [0.4, 0.5) is 0 Å². The molecule has 0 radical (unpaired) electrons. The molecule has 0 bridgehead atoms. The molecule has 0 aliphatic carbocycles. The lowest BCUT2D eigenvalue weighted by Crippen LogP contribution is -2.18. The van der Waals surface area contributed by atoms with Crippen LogP contribution in [0.2, 0.25) is 0 Å². The Balaban J connectivity index is 3.69. The van der Waals surface area contributed by atoms with Crippen molar-refractivity contribution >= 4 is 11.9 Å². The van der Waals surface area contributed by atoms with Crippen LogP contribution in [0, 0.1) is 0 Å². The summed E-state index contributed by atoms with van der Waals surface area (Å²) in [5.41, 5.74) is 0. The van der Waals surface area contributed by atoms with E-state index in [1.54, 1.807) is 0 Å². The summed E-state index contributed by atoms with van der Waals surface area (Å²) in [6.07, 6.45) is 47.0. The van der Waals surface area contributed by atoms with Crippen LogP contribution < -0.4 is 0 Å². The predicted molar refractivity (Wildman–Crippen MR) is 200 cm³/mol. The Labute approximate surface area is 287 Å². The molecule has 46 heavy (non-hydrogen) atoms. The van der Waals surface area contributed by atoms with Crippen LogP contribution in [0.1, 0.15) is 239 Å². The zero-order valence-corrected chi connectivity index (χ0v) is 31.2. The SMILES string of the molecule is CCCCCCCC/C=C\CCCCCCCCCC(=O)OC(CCCCC)CCCCCCCCCCCCCCCC(=O)O. The van der Waals surface area contributed by atoms with Gasteiger partial charge >= 0.3 is 11.9 Å². The highest BCUT2D eigenvalue weighted by Gasteiger charge is 2.14. The van der Waals surface area contributed by atoms with Gasteiger partial charge < -0.3 is 9.84 Å². The minimum Gasteiger partial charge on any atom is -0.481 e. The van der Waals surface area contributed by atoms with E-state index in [0.29, 0.717) is 12.8 Å². The number of hydrogen-bond acceptors (Lipinski definition) is 3. The third kappa shape index (κ3) is 37.1. The Kier molecular flexibility index (Phi) is 37.0. The van der Waals surface area contributed by atoms with E-state index in [1.807, 2.05) is 0 Å². The van der Waals surface area contributed by atoms with Gasteiger partial charge in [-0.15, -0.1) is 0 Å². The molecular weight excluding hydrogens is 568 g/mol. The normalized spacial score (nSPS) is 12.2. The summed E-state index contributed by atoms with van der Waals surface area (Å²) in [6, 6.07) is 0. The van der Waals surface area contributed by atoms with Crippen molar-refractivity contribution in [2.24, 2.45) is 0 Å². The summed E-state index contributed by atoms with van der Waals surface area (Å²) in [5, 5.41) is 8.68. The first-order valence-electron chi connectivity index (χ1n) is 20.7. The summed E-state index contributed by atoms with van der Waals surface area (Å²) in [5.74, 6) is -0.630. The van der Waals surface area contributed by atoms with Crippen molar-refractivity contribution in [3.05, 3.63) is 12.2 Å². The molecule has 0 amide bonds. The number of ether oxygens (including phenoxy) is 1. The average molecular weight is 649 g/mol. The fourth-order valence-corrected chi connectivity index (χ4v) is 6.42. The number of allylic oxidation sites excluding steroid dienone is 2. The van der Waals surface area contributed by atoms with E-state index in [-0.39, 0.29) is 12.1 Å². The summed E-state index contributed by atoms with van der Waals surface area (Å²) >= 11 is 0. The summed E-state index contributed by atoms with van der Waals surface area (Å²) < 4.78 is 5.98. The highest BCUT2D eigenvalue weighted by atomic mass is 16.5. The highest BCUT2D eigenvalue weighted by molar-refractivity contribution is 5.69. The van der Waals surface area contributed by atoms with Crippen LogP contribution in [-0.2, 0) is 14.3 Å². The van der Waals surface area contributed by atoms with Gasteiger partial charge in [0.25, 0.3) is 0 Å². The number of rotatable bonds is 38. The van der Waals surface area contributed by atoms with Gasteiger partial charge in [-0.3, -0.25) is 9.59 Å². The molecule has 0 aromatic rings. The van der Waals surface area contributed by atoms with E-state index >= 15 is 0 Å². The van der Waals surface area contributed by atoms with Crippen molar-refractivity contribution in [3.63, 3.8) is 0 Å². The standard InChI is InChI=1S/C42H80O4/c1-3-5-7-8-9-10-11-12-13-14-15-19-22-25-28-31-35-39-42(45)46-40(36-32-6-4-2)37-33-29-26-23-20-17-16-18-21-24-27-30-34-38-41(43)44/h12-13,40H,3-11,14-39H2,1-2H3,(H,43,44)/b13-12-. The molecule has 272 valence electrons. The molecule has 0 spiro atoms. The van der Waals surface area contributed by atoms with Crippen molar-refractivity contribution in [2.75, 3.05) is 0 Å². The number of hydrogen-bond donors (Lipinski definition) is 1. The second-order valence-electron chi connectivity index (χ2n) is 14.2. The smallest absolute Gasteiger partial charge is 0.306 e. The molecule has 0 rings (SSSR count). The van der Waals surface area contributed by atoms with Crippen LogP contribution in [0.3, 0.4) is 0 Å². The lowest BCUT2D eigenvalue weighted by molar-refractivity contribution is -0.150. The van der Waals surface area contributed by atoms with Crippen LogP contribution in [-0.4, -0.2) is 23.1 Å². The zero-order valence-electron chi connectivity index (χ0n) is 31.2. The highest BCUT2D eigenvalue weighted by Crippen LogP contribution is 2.19. The van der Waals surface area contributed by atoms with Gasteiger partial charge in [0, 0.05) is 12.8 Å². The number of esters is 1. The molecule has 1 unspecified atom stereocenters. The van der Waals surface area contributed by atoms with E-state index in [1.165, 1.54) is 173 Å². The van der Waals surface area contributed by atoms with Crippen molar-refractivity contribution in [1.82, 2.24) is 0 Å². The van der Waals surface area contributed by atoms with Gasteiger partial charge in [-0.2, -0.15) is 0 Å². The van der Waals surface area contributed by atoms with Gasteiger partial charge in [-0.25, -0.2) is 0 Å². The molecule has 0 aromatic carbocycles. The van der Waals surface area contributed by atoms with Gasteiger partial charge in [-0.1, -0.05) is 174 Å². The van der Waals surface area contributed by atoms with Crippen molar-refractivity contribution in [3.8, 4) is 0 Å². The van der Waals surface area contributed by atoms with E-state index in [9.17, 15) is 9.59 Å². The maximum absolute atomic E-state index is 12.6. The third-order valence-corrected chi connectivity index (χ3v) is 9.49. The molecule has 4 nitrogen and oxygen atoms in total. The Hall–Kier alpha value is -1.32. The van der Waals surface area contributed by atoms with Crippen LogP contribution >= 0.6 is 0 Å². The molecule has 0 aromatic heterocycles. The van der Waals surface area contributed by atoms with E-state index in [0.717, 1.165) is 38.5 Å². The summed E-state index contributed by atoms with van der Waals surface area (Å²) in [7, 11) is 0. The lowest BCUT2D eigenvalue weighted by Gasteiger charge is -2.18. The van der Waals surface area contributed by atoms with E-state index in [4.69, 9.17) is 9.84 Å². The van der Waals surface area contributed by atoms with Crippen molar-refractivity contribution in [1.29, 1.82) is 0 Å². The molecule has 0 fully saturated rings. The topological polar surface area (TPSA) is 63.6 Å². The fraction of sp³-hybridized carbons (Fsp3) is 0.905. The maximum atomic E-state index is 12.6. The lowest BCUT2D eigenvalue weighted by atomic mass is 10.0. The first-order chi connectivity index (χ1) is 22.6. The minimum absolute atomic E-state index is 0.0366. The Morgan fingerprint density at radius 2 is 0.783 bits per heavy atom. The van der Waals surface area contributed by atoms with E-state index < -0.39 is 5.97 Å². The number of aliphatic carboxylic acids is 1.